The van der Waals surface area contributed by atoms with Crippen LogP contribution >= 0.6 is 11.8 Å². The Morgan fingerprint density at radius 2 is 2.16 bits per heavy atom. The maximum atomic E-state index is 15.1. The molecule has 3 aliphatic rings. The number of Topliss-reactive ketones (excluding diaryl/α,β-unsaturated/α-hetero) is 1. The van der Waals surface area contributed by atoms with Crippen molar-refractivity contribution in [2.75, 3.05) is 12.6 Å². The molecule has 2 N–H and O–H groups in total. The van der Waals surface area contributed by atoms with E-state index in [1.54, 1.807) is 12.2 Å². The van der Waals surface area contributed by atoms with Crippen LogP contribution in [0.15, 0.2) is 40.7 Å². The summed E-state index contributed by atoms with van der Waals surface area (Å²) in [6.07, 6.45) is 4.77. The first-order chi connectivity index (χ1) is 14.9. The molecule has 0 aromatic carbocycles. The first-order valence-corrected chi connectivity index (χ1v) is 11.1. The van der Waals surface area contributed by atoms with E-state index >= 15 is 4.39 Å². The lowest BCUT2D eigenvalue weighted by Gasteiger charge is -2.47. The van der Waals surface area contributed by atoms with Gasteiger partial charge in [0.1, 0.15) is 18.0 Å². The summed E-state index contributed by atoms with van der Waals surface area (Å²) in [7, 11) is 0. The third-order valence-corrected chi connectivity index (χ3v) is 7.00. The molecule has 1 fully saturated rings. The molecule has 0 saturated heterocycles. The number of carbonyl (C=O) groups excluding carboxylic acids is 1. The van der Waals surface area contributed by atoms with Gasteiger partial charge in [-0.3, -0.25) is 9.79 Å². The van der Waals surface area contributed by atoms with E-state index < -0.39 is 24.7 Å². The number of ether oxygens (including phenoxy) is 1. The fourth-order valence-corrected chi connectivity index (χ4v) is 5.54. The molecule has 6 nitrogen and oxygen atoms in total. The van der Waals surface area contributed by atoms with Crippen LogP contribution in [0.25, 0.3) is 0 Å². The molecule has 166 valence electrons. The van der Waals surface area contributed by atoms with Crippen LogP contribution < -0.4 is 10.5 Å². The molecule has 2 heterocycles. The van der Waals surface area contributed by atoms with Gasteiger partial charge in [0.05, 0.1) is 17.9 Å². The quantitative estimate of drug-likeness (QED) is 0.659. The third-order valence-electron chi connectivity index (χ3n) is 6.04. The number of fused-ring (bicyclic) bond motifs is 1. The minimum Gasteiger partial charge on any atom is -0.445 e. The second kappa shape index (κ2) is 9.02. The van der Waals surface area contributed by atoms with Gasteiger partial charge in [0.25, 0.3) is 0 Å². The van der Waals surface area contributed by atoms with Crippen LogP contribution in [-0.2, 0) is 0 Å². The lowest BCUT2D eigenvalue weighted by Crippen LogP contribution is -2.50. The van der Waals surface area contributed by atoms with Crippen molar-refractivity contribution in [3.05, 3.63) is 41.4 Å². The number of nitrogens with two attached hydrogens (primary N) is 1. The normalized spacial score (nSPS) is 30.5. The van der Waals surface area contributed by atoms with E-state index in [2.05, 4.69) is 19.7 Å². The highest BCUT2D eigenvalue weighted by Gasteiger charge is 2.50. The molecule has 1 aromatic heterocycles. The zero-order valence-corrected chi connectivity index (χ0v) is 17.6. The lowest BCUT2D eigenvalue weighted by atomic mass is 9.66. The Bertz CT molecular complexity index is 937. The zero-order valence-electron chi connectivity index (χ0n) is 16.8. The summed E-state index contributed by atoms with van der Waals surface area (Å²) in [5.74, 6) is 0.141. The molecule has 1 unspecified atom stereocenters. The number of nitrogens with zero attached hydrogens (tertiary/aromatic N) is 3. The lowest BCUT2D eigenvalue weighted by molar-refractivity contribution is 0.0987. The van der Waals surface area contributed by atoms with E-state index in [1.807, 2.05) is 0 Å². The molecule has 2 aliphatic carbocycles. The van der Waals surface area contributed by atoms with Crippen molar-refractivity contribution in [2.45, 2.75) is 50.0 Å². The SMILES string of the molecule is NC1=N[C@@]2(C3=CC(CC(=O)c4cnc(OCF)cn4)=CCC3F)CC[C@@H](F)C[C@H]2CS1. The van der Waals surface area contributed by atoms with E-state index in [0.29, 0.717) is 41.3 Å². The Kier molecular flexibility index (Phi) is 6.36. The maximum Gasteiger partial charge on any atom is 0.234 e. The molecule has 10 heteroatoms. The van der Waals surface area contributed by atoms with Crippen LogP contribution in [0, 0.1) is 5.92 Å². The third kappa shape index (κ3) is 4.49. The summed E-state index contributed by atoms with van der Waals surface area (Å²) in [6, 6.07) is 0. The summed E-state index contributed by atoms with van der Waals surface area (Å²) >= 11 is 1.38. The monoisotopic (exact) mass is 452 g/mol. The average molecular weight is 453 g/mol. The second-order valence-corrected chi connectivity index (χ2v) is 8.97. The van der Waals surface area contributed by atoms with E-state index in [1.165, 1.54) is 24.2 Å². The highest BCUT2D eigenvalue weighted by molar-refractivity contribution is 8.13. The van der Waals surface area contributed by atoms with Crippen molar-refractivity contribution in [2.24, 2.45) is 16.6 Å². The van der Waals surface area contributed by atoms with Gasteiger partial charge in [0, 0.05) is 24.5 Å². The topological polar surface area (TPSA) is 90.5 Å². The van der Waals surface area contributed by atoms with Crippen molar-refractivity contribution in [1.82, 2.24) is 9.97 Å². The predicted molar refractivity (Wildman–Crippen MR) is 112 cm³/mol. The molecule has 4 atom stereocenters. The zero-order chi connectivity index (χ0) is 22.0. The molecular weight excluding hydrogens is 429 g/mol. The van der Waals surface area contributed by atoms with Gasteiger partial charge in [-0.05, 0) is 30.4 Å². The number of halogens is 3. The fourth-order valence-electron chi connectivity index (χ4n) is 4.53. The van der Waals surface area contributed by atoms with Crippen LogP contribution in [-0.4, -0.2) is 51.4 Å². The summed E-state index contributed by atoms with van der Waals surface area (Å²) in [5, 5.41) is 0.389. The van der Waals surface area contributed by atoms with Crippen molar-refractivity contribution < 1.29 is 22.7 Å². The molecule has 1 aliphatic heterocycles. The molecular formula is C21H23F3N4O2S. The number of hydrogen-bond acceptors (Lipinski definition) is 7. The van der Waals surface area contributed by atoms with Crippen LogP contribution in [0.5, 0.6) is 5.88 Å². The van der Waals surface area contributed by atoms with Crippen molar-refractivity contribution in [3.63, 3.8) is 0 Å². The Labute approximate surface area is 182 Å². The van der Waals surface area contributed by atoms with Crippen molar-refractivity contribution in [1.29, 1.82) is 0 Å². The van der Waals surface area contributed by atoms with E-state index in [-0.39, 0.29) is 36.1 Å². The van der Waals surface area contributed by atoms with Gasteiger partial charge in [0.15, 0.2) is 11.0 Å². The molecule has 4 rings (SSSR count). The van der Waals surface area contributed by atoms with Crippen molar-refractivity contribution in [3.8, 4) is 5.88 Å². The Balaban J connectivity index is 1.57. The number of alkyl halides is 3. The number of ketones is 1. The molecule has 0 bridgehead atoms. The highest BCUT2D eigenvalue weighted by Crippen LogP contribution is 2.50. The molecule has 31 heavy (non-hydrogen) atoms. The molecule has 1 saturated carbocycles. The van der Waals surface area contributed by atoms with E-state index in [0.717, 1.165) is 0 Å². The summed E-state index contributed by atoms with van der Waals surface area (Å²) < 4.78 is 46.0. The molecule has 0 radical (unpaired) electrons. The van der Waals surface area contributed by atoms with Crippen LogP contribution in [0.2, 0.25) is 0 Å². The number of rotatable bonds is 6. The maximum absolute atomic E-state index is 15.1. The van der Waals surface area contributed by atoms with Gasteiger partial charge in [0.2, 0.25) is 12.7 Å². The number of hydrogen-bond donors (Lipinski definition) is 1. The fraction of sp³-hybridized carbons (Fsp3) is 0.524. The number of aromatic nitrogens is 2. The highest BCUT2D eigenvalue weighted by atomic mass is 32.2. The number of allylic oxidation sites excluding steroid dienone is 3. The van der Waals surface area contributed by atoms with E-state index in [9.17, 15) is 13.6 Å². The largest absolute Gasteiger partial charge is 0.445 e. The molecule has 1 aromatic rings. The Morgan fingerprint density at radius 1 is 1.32 bits per heavy atom. The van der Waals surface area contributed by atoms with Crippen LogP contribution in [0.3, 0.4) is 0 Å². The first kappa shape index (κ1) is 21.9. The van der Waals surface area contributed by atoms with Gasteiger partial charge < -0.3 is 10.5 Å². The first-order valence-electron chi connectivity index (χ1n) is 10.1. The summed E-state index contributed by atoms with van der Waals surface area (Å²) in [6.45, 7) is -1.04. The van der Waals surface area contributed by atoms with E-state index in [4.69, 9.17) is 5.73 Å². The minimum absolute atomic E-state index is 0.00858. The predicted octanol–water partition coefficient (Wildman–Crippen LogP) is 3.89. The van der Waals surface area contributed by atoms with Crippen molar-refractivity contribution >= 4 is 22.7 Å². The number of aliphatic imine (C=N–C) groups is 1. The summed E-state index contributed by atoms with van der Waals surface area (Å²) in [5.41, 5.74) is 6.38. The molecule has 0 amide bonds. The minimum atomic E-state index is -1.26. The van der Waals surface area contributed by atoms with Gasteiger partial charge in [-0.25, -0.2) is 23.1 Å². The van der Waals surface area contributed by atoms with Gasteiger partial charge >= 0.3 is 0 Å². The smallest absolute Gasteiger partial charge is 0.234 e. The Morgan fingerprint density at radius 3 is 2.90 bits per heavy atom. The number of thioether (sulfide) groups is 1. The molecule has 0 spiro atoms. The summed E-state index contributed by atoms with van der Waals surface area (Å²) in [4.78, 5) is 25.1. The number of amidine groups is 1. The van der Waals surface area contributed by atoms with Crippen LogP contribution in [0.4, 0.5) is 13.2 Å². The standard InChI is InChI=1S/C21H23F3N4O2S/c22-11-30-19-9-26-17(8-27-19)18(29)6-12-1-2-16(24)15(5-12)21-4-3-14(23)7-13(21)10-31-20(25)28-21/h1,5,8-9,13-14,16H,2-4,6-7,10-11H2,(H2,25,28)/t13-,14+,16?,21-/m0/s1. The average Bonchev–Trinajstić information content (AvgIpc) is 2.76. The van der Waals surface area contributed by atoms with Gasteiger partial charge in [-0.15, -0.1) is 0 Å². The Hall–Kier alpha value is -2.36. The van der Waals surface area contributed by atoms with Gasteiger partial charge in [-0.1, -0.05) is 23.9 Å². The number of carbonyl (C=O) groups is 1. The second-order valence-electron chi connectivity index (χ2n) is 7.93. The van der Waals surface area contributed by atoms with Gasteiger partial charge in [-0.2, -0.15) is 0 Å². The van der Waals surface area contributed by atoms with Crippen LogP contribution in [0.1, 0.15) is 42.6 Å².